The Morgan fingerprint density at radius 3 is 2.50 bits per heavy atom. The Morgan fingerprint density at radius 1 is 1.02 bits per heavy atom. The summed E-state index contributed by atoms with van der Waals surface area (Å²) in [5, 5.41) is 1.22. The summed E-state index contributed by atoms with van der Waals surface area (Å²) in [6, 6.07) is 13.8. The van der Waals surface area contributed by atoms with E-state index in [1.807, 2.05) is 24.3 Å². The first-order valence-corrected chi connectivity index (χ1v) is 16.0. The van der Waals surface area contributed by atoms with E-state index >= 15 is 0 Å². The maximum atomic E-state index is 14.1. The van der Waals surface area contributed by atoms with Gasteiger partial charge >= 0.3 is 6.18 Å². The maximum absolute atomic E-state index is 14.1. The average molecular weight is 677 g/mol. The molecule has 0 radical (unpaired) electrons. The molecule has 1 saturated heterocycles. The topological polar surface area (TPSA) is 86.7 Å². The molecule has 0 N–H and O–H groups in total. The van der Waals surface area contributed by atoms with Gasteiger partial charge in [-0.3, -0.25) is 28.0 Å². The number of hydrogen-bond acceptors (Lipinski definition) is 6. The van der Waals surface area contributed by atoms with Crippen LogP contribution in [-0.2, 0) is 6.42 Å². The molecule has 248 valence electrons. The SMILES string of the molecule is CC[C@@H]1CN(CC(F)(F)F)C[C@@H]1c1cnc2cnc3c(ccn3C(=O)Cc3c(C)n(C(=O)c4ccc(Cl)cc4)c4ccc(OC)cc34)n12. The number of rotatable bonds is 7. The van der Waals surface area contributed by atoms with Crippen LogP contribution in [0.5, 0.6) is 5.75 Å². The van der Waals surface area contributed by atoms with Crippen LogP contribution in [0.4, 0.5) is 13.2 Å². The summed E-state index contributed by atoms with van der Waals surface area (Å²) < 4.78 is 50.2. The molecule has 6 aromatic rings. The second-order valence-corrected chi connectivity index (χ2v) is 12.7. The van der Waals surface area contributed by atoms with Crippen LogP contribution in [-0.4, -0.2) is 73.1 Å². The van der Waals surface area contributed by atoms with Gasteiger partial charge in [-0.15, -0.1) is 0 Å². The molecule has 2 atom stereocenters. The van der Waals surface area contributed by atoms with Gasteiger partial charge in [-0.05, 0) is 66.9 Å². The lowest BCUT2D eigenvalue weighted by atomic mass is 9.91. The van der Waals surface area contributed by atoms with Crippen LogP contribution in [0.2, 0.25) is 5.02 Å². The Bertz CT molecular complexity index is 2200. The number of benzene rings is 2. The molecule has 48 heavy (non-hydrogen) atoms. The molecule has 1 aliphatic heterocycles. The summed E-state index contributed by atoms with van der Waals surface area (Å²) >= 11 is 6.06. The first-order chi connectivity index (χ1) is 23.0. The van der Waals surface area contributed by atoms with Gasteiger partial charge in [0.2, 0.25) is 5.91 Å². The van der Waals surface area contributed by atoms with Gasteiger partial charge in [0.15, 0.2) is 11.3 Å². The van der Waals surface area contributed by atoms with Crippen molar-refractivity contribution in [1.29, 1.82) is 0 Å². The number of aromatic nitrogens is 5. The number of carbonyl (C=O) groups is 2. The van der Waals surface area contributed by atoms with E-state index in [9.17, 15) is 22.8 Å². The quantitative estimate of drug-likeness (QED) is 0.178. The summed E-state index contributed by atoms with van der Waals surface area (Å²) in [4.78, 5) is 38.4. The van der Waals surface area contributed by atoms with E-state index in [0.29, 0.717) is 61.9 Å². The third kappa shape index (κ3) is 5.52. The van der Waals surface area contributed by atoms with Crippen LogP contribution in [0.25, 0.3) is 27.7 Å². The number of likely N-dealkylation sites (tertiary alicyclic amines) is 1. The Balaban J connectivity index is 1.26. The molecule has 7 rings (SSSR count). The molecule has 0 saturated carbocycles. The molecule has 9 nitrogen and oxygen atoms in total. The molecule has 4 aromatic heterocycles. The molecule has 1 fully saturated rings. The lowest BCUT2D eigenvalue weighted by molar-refractivity contribution is -0.143. The standard InChI is InChI=1S/C35H32ClF3N6O3/c1-4-21-17-42(19-35(37,38)39)18-27(21)30-15-40-31-16-41-33-29(45(30)31)11-12-43(33)32(46)14-25-20(2)44(28-10-9-24(48-3)13-26(25)28)34(47)22-5-7-23(36)8-6-22/h5-13,15-16,21,27H,4,14,17-19H2,1-3H3/t21-,27+/m1/s1. The van der Waals surface area contributed by atoms with E-state index in [1.165, 1.54) is 9.47 Å². The summed E-state index contributed by atoms with van der Waals surface area (Å²) in [7, 11) is 1.56. The monoisotopic (exact) mass is 676 g/mol. The minimum Gasteiger partial charge on any atom is -0.497 e. The summed E-state index contributed by atoms with van der Waals surface area (Å²) in [5.74, 6) is -0.0918. The largest absolute Gasteiger partial charge is 0.497 e. The van der Waals surface area contributed by atoms with Crippen molar-refractivity contribution >= 4 is 51.1 Å². The van der Waals surface area contributed by atoms with E-state index < -0.39 is 12.7 Å². The smallest absolute Gasteiger partial charge is 0.401 e. The van der Waals surface area contributed by atoms with Gasteiger partial charge < -0.3 is 4.74 Å². The van der Waals surface area contributed by atoms with E-state index in [-0.39, 0.29) is 36.6 Å². The normalized spacial score (nSPS) is 17.2. The first kappa shape index (κ1) is 31.9. The predicted octanol–water partition coefficient (Wildman–Crippen LogP) is 7.17. The maximum Gasteiger partial charge on any atom is 0.401 e. The number of fused-ring (bicyclic) bond motifs is 4. The molecule has 0 aliphatic carbocycles. The number of imidazole rings is 1. The zero-order valence-electron chi connectivity index (χ0n) is 26.5. The summed E-state index contributed by atoms with van der Waals surface area (Å²) in [6.45, 7) is 3.45. The van der Waals surface area contributed by atoms with Crippen molar-refractivity contribution in [1.82, 2.24) is 28.4 Å². The number of hydrogen-bond donors (Lipinski definition) is 0. The second-order valence-electron chi connectivity index (χ2n) is 12.3. The molecular formula is C35H32ClF3N6O3. The fourth-order valence-corrected chi connectivity index (χ4v) is 7.28. The number of methoxy groups -OCH3 is 1. The van der Waals surface area contributed by atoms with Gasteiger partial charge in [-0.25, -0.2) is 9.97 Å². The van der Waals surface area contributed by atoms with Crippen molar-refractivity contribution in [3.8, 4) is 5.75 Å². The number of alkyl halides is 3. The number of carbonyl (C=O) groups excluding carboxylic acids is 2. The van der Waals surface area contributed by atoms with Gasteiger partial charge in [-0.1, -0.05) is 24.9 Å². The number of ether oxygens (including phenoxy) is 1. The van der Waals surface area contributed by atoms with Gasteiger partial charge in [0.25, 0.3) is 5.91 Å². The van der Waals surface area contributed by atoms with Gasteiger partial charge in [0.1, 0.15) is 5.75 Å². The number of halogens is 4. The van der Waals surface area contributed by atoms with Crippen LogP contribution in [0.15, 0.2) is 67.1 Å². The van der Waals surface area contributed by atoms with Gasteiger partial charge in [0, 0.05) is 58.8 Å². The highest BCUT2D eigenvalue weighted by molar-refractivity contribution is 6.30. The third-order valence-corrected chi connectivity index (χ3v) is 9.71. The third-order valence-electron chi connectivity index (χ3n) is 9.46. The summed E-state index contributed by atoms with van der Waals surface area (Å²) in [6.07, 6.45) is 1.34. The molecule has 0 amide bonds. The molecule has 13 heteroatoms. The molecule has 5 heterocycles. The van der Waals surface area contributed by atoms with Gasteiger partial charge in [-0.2, -0.15) is 13.2 Å². The van der Waals surface area contributed by atoms with Crippen LogP contribution >= 0.6 is 11.6 Å². The molecule has 0 bridgehead atoms. The van der Waals surface area contributed by atoms with E-state index in [0.717, 1.165) is 12.1 Å². The minimum atomic E-state index is -4.28. The van der Waals surface area contributed by atoms with Crippen molar-refractivity contribution in [2.24, 2.45) is 5.92 Å². The minimum absolute atomic E-state index is 0.0204. The second kappa shape index (κ2) is 12.1. The number of nitrogens with zero attached hydrogens (tertiary/aromatic N) is 6. The zero-order chi connectivity index (χ0) is 33.9. The molecule has 2 aromatic carbocycles. The van der Waals surface area contributed by atoms with Crippen LogP contribution in [0.1, 0.15) is 51.4 Å². The van der Waals surface area contributed by atoms with Crippen molar-refractivity contribution in [3.05, 3.63) is 94.7 Å². The Labute approximate surface area is 278 Å². The average Bonchev–Trinajstić information content (AvgIpc) is 3.83. The molecular weight excluding hydrogens is 645 g/mol. The lowest BCUT2D eigenvalue weighted by Gasteiger charge is -2.18. The van der Waals surface area contributed by atoms with E-state index in [2.05, 4.69) is 9.97 Å². The van der Waals surface area contributed by atoms with Gasteiger partial charge in [0.05, 0.1) is 37.3 Å². The van der Waals surface area contributed by atoms with E-state index in [1.54, 1.807) is 72.7 Å². The van der Waals surface area contributed by atoms with E-state index in [4.69, 9.17) is 16.3 Å². The van der Waals surface area contributed by atoms with Crippen molar-refractivity contribution in [2.45, 2.75) is 38.8 Å². The predicted molar refractivity (Wildman–Crippen MR) is 176 cm³/mol. The van der Waals surface area contributed by atoms with Crippen molar-refractivity contribution in [2.75, 3.05) is 26.7 Å². The Hall–Kier alpha value is -4.68. The van der Waals surface area contributed by atoms with Crippen LogP contribution < -0.4 is 4.74 Å². The fraction of sp³-hybridized carbons (Fsp3) is 0.314. The Kier molecular flexibility index (Phi) is 8.03. The highest BCUT2D eigenvalue weighted by Crippen LogP contribution is 2.37. The fourth-order valence-electron chi connectivity index (χ4n) is 7.16. The highest BCUT2D eigenvalue weighted by Gasteiger charge is 2.40. The molecule has 1 aliphatic rings. The summed E-state index contributed by atoms with van der Waals surface area (Å²) in [5.41, 5.74) is 4.76. The van der Waals surface area contributed by atoms with Crippen LogP contribution in [0, 0.1) is 12.8 Å². The zero-order valence-corrected chi connectivity index (χ0v) is 27.2. The van der Waals surface area contributed by atoms with Crippen LogP contribution in [0.3, 0.4) is 0 Å². The Morgan fingerprint density at radius 2 is 1.79 bits per heavy atom. The lowest BCUT2D eigenvalue weighted by Crippen LogP contribution is -2.32. The van der Waals surface area contributed by atoms with Crippen molar-refractivity contribution < 1.29 is 27.5 Å². The van der Waals surface area contributed by atoms with Crippen molar-refractivity contribution in [3.63, 3.8) is 0 Å². The first-order valence-electron chi connectivity index (χ1n) is 15.6. The molecule has 0 unspecified atom stereocenters. The molecule has 0 spiro atoms. The highest BCUT2D eigenvalue weighted by atomic mass is 35.5.